The van der Waals surface area contributed by atoms with Gasteiger partial charge in [0.2, 0.25) is 0 Å². The summed E-state index contributed by atoms with van der Waals surface area (Å²) in [5.74, 6) is 0.432. The molecule has 0 aromatic heterocycles. The van der Waals surface area contributed by atoms with Gasteiger partial charge in [0, 0.05) is 0 Å². The second-order valence-corrected chi connectivity index (χ2v) is 3.88. The highest BCUT2D eigenvalue weighted by atomic mass is 16.5. The largest absolute Gasteiger partial charge is 0.493 e. The summed E-state index contributed by atoms with van der Waals surface area (Å²) in [6.45, 7) is 3.91. The third-order valence-electron chi connectivity index (χ3n) is 2.47. The number of ether oxygens (including phenoxy) is 2. The third-order valence-corrected chi connectivity index (χ3v) is 2.47. The zero-order valence-corrected chi connectivity index (χ0v) is 10.4. The number of methoxy groups -OCH3 is 1. The van der Waals surface area contributed by atoms with E-state index in [-0.39, 0.29) is 12.4 Å². The molecule has 0 aliphatic rings. The minimum absolute atomic E-state index is 0.230. The molecule has 1 aromatic rings. The van der Waals surface area contributed by atoms with E-state index in [0.29, 0.717) is 6.61 Å². The minimum atomic E-state index is -0.488. The number of carbonyl (C=O) groups excluding carboxylic acids is 1. The molecule has 4 heteroatoms. The Labute approximate surface area is 101 Å². The van der Waals surface area contributed by atoms with Crippen LogP contribution >= 0.6 is 0 Å². The summed E-state index contributed by atoms with van der Waals surface area (Å²) in [4.78, 5) is 10.9. The molecular weight excluding hydrogens is 220 g/mol. The smallest absolute Gasteiger partial charge is 0.308 e. The van der Waals surface area contributed by atoms with E-state index in [2.05, 4.69) is 4.74 Å². The summed E-state index contributed by atoms with van der Waals surface area (Å²) in [6.07, 6.45) is -0.258. The molecule has 1 N–H and O–H groups in total. The van der Waals surface area contributed by atoms with Crippen LogP contribution in [0.5, 0.6) is 5.75 Å². The van der Waals surface area contributed by atoms with Crippen LogP contribution in [0.25, 0.3) is 0 Å². The van der Waals surface area contributed by atoms with Crippen molar-refractivity contribution in [2.75, 3.05) is 13.7 Å². The van der Waals surface area contributed by atoms with E-state index in [1.807, 2.05) is 19.1 Å². The van der Waals surface area contributed by atoms with E-state index in [1.165, 1.54) is 7.11 Å². The Morgan fingerprint density at radius 1 is 1.47 bits per heavy atom. The maximum Gasteiger partial charge on any atom is 0.308 e. The fraction of sp³-hybridized carbons (Fsp3) is 0.462. The van der Waals surface area contributed by atoms with Gasteiger partial charge >= 0.3 is 5.97 Å². The summed E-state index contributed by atoms with van der Waals surface area (Å²) in [6, 6.07) is 5.48. The van der Waals surface area contributed by atoms with E-state index in [1.54, 1.807) is 13.0 Å². The monoisotopic (exact) mass is 238 g/mol. The SMILES string of the molecule is COC(=O)CCOc1ccc([C@@H](C)O)cc1C. The Bertz CT molecular complexity index is 385. The molecule has 0 fully saturated rings. The molecular formula is C13H18O4. The van der Waals surface area contributed by atoms with Gasteiger partial charge in [-0.15, -0.1) is 0 Å². The molecule has 0 aliphatic carbocycles. The summed E-state index contributed by atoms with van der Waals surface area (Å²) in [5, 5.41) is 9.42. The van der Waals surface area contributed by atoms with Gasteiger partial charge in [0.05, 0.1) is 26.2 Å². The van der Waals surface area contributed by atoms with Crippen molar-refractivity contribution < 1.29 is 19.4 Å². The van der Waals surface area contributed by atoms with Crippen molar-refractivity contribution in [1.82, 2.24) is 0 Å². The van der Waals surface area contributed by atoms with Gasteiger partial charge in [0.25, 0.3) is 0 Å². The maximum atomic E-state index is 10.9. The van der Waals surface area contributed by atoms with E-state index >= 15 is 0 Å². The fourth-order valence-electron chi connectivity index (χ4n) is 1.44. The quantitative estimate of drug-likeness (QED) is 0.797. The number of benzene rings is 1. The molecule has 0 unspecified atom stereocenters. The molecule has 17 heavy (non-hydrogen) atoms. The molecule has 94 valence electrons. The number of rotatable bonds is 5. The first-order chi connectivity index (χ1) is 8.04. The van der Waals surface area contributed by atoms with Crippen molar-refractivity contribution in [2.45, 2.75) is 26.4 Å². The number of hydrogen-bond donors (Lipinski definition) is 1. The van der Waals surface area contributed by atoms with Crippen LogP contribution < -0.4 is 4.74 Å². The Morgan fingerprint density at radius 2 is 2.18 bits per heavy atom. The summed E-state index contributed by atoms with van der Waals surface area (Å²) >= 11 is 0. The van der Waals surface area contributed by atoms with Crippen LogP contribution in [0.3, 0.4) is 0 Å². The number of aliphatic hydroxyl groups excluding tert-OH is 1. The Kier molecular flexibility index (Phi) is 4.97. The van der Waals surface area contributed by atoms with Gasteiger partial charge in [-0.25, -0.2) is 0 Å². The van der Waals surface area contributed by atoms with Gasteiger partial charge < -0.3 is 14.6 Å². The molecule has 4 nitrogen and oxygen atoms in total. The molecule has 0 saturated carbocycles. The van der Waals surface area contributed by atoms with Gasteiger partial charge in [-0.3, -0.25) is 4.79 Å². The van der Waals surface area contributed by atoms with Crippen LogP contribution in [-0.4, -0.2) is 24.8 Å². The van der Waals surface area contributed by atoms with Crippen molar-refractivity contribution in [1.29, 1.82) is 0 Å². The summed E-state index contributed by atoms with van der Waals surface area (Å²) < 4.78 is 9.98. The first-order valence-corrected chi connectivity index (χ1v) is 5.53. The Morgan fingerprint density at radius 3 is 2.71 bits per heavy atom. The van der Waals surface area contributed by atoms with Crippen molar-refractivity contribution in [3.05, 3.63) is 29.3 Å². The molecule has 0 heterocycles. The maximum absolute atomic E-state index is 10.9. The van der Waals surface area contributed by atoms with Crippen LogP contribution in [0.15, 0.2) is 18.2 Å². The fourth-order valence-corrected chi connectivity index (χ4v) is 1.44. The lowest BCUT2D eigenvalue weighted by Crippen LogP contribution is -2.08. The number of esters is 1. The second kappa shape index (κ2) is 6.25. The molecule has 1 rings (SSSR count). The standard InChI is InChI=1S/C13H18O4/c1-9-8-11(10(2)14)4-5-12(9)17-7-6-13(15)16-3/h4-5,8,10,14H,6-7H2,1-3H3/t10-/m1/s1. The van der Waals surface area contributed by atoms with Gasteiger partial charge in [0.15, 0.2) is 0 Å². The first-order valence-electron chi connectivity index (χ1n) is 5.53. The lowest BCUT2D eigenvalue weighted by molar-refractivity contribution is -0.141. The zero-order valence-electron chi connectivity index (χ0n) is 10.4. The molecule has 0 spiro atoms. The predicted octanol–water partition coefficient (Wildman–Crippen LogP) is 1.99. The Balaban J connectivity index is 2.57. The van der Waals surface area contributed by atoms with Crippen molar-refractivity contribution in [2.24, 2.45) is 0 Å². The van der Waals surface area contributed by atoms with E-state index in [4.69, 9.17) is 4.74 Å². The van der Waals surface area contributed by atoms with Gasteiger partial charge in [-0.1, -0.05) is 6.07 Å². The molecule has 0 saturated heterocycles. The van der Waals surface area contributed by atoms with Crippen LogP contribution in [0.2, 0.25) is 0 Å². The predicted molar refractivity (Wildman–Crippen MR) is 63.9 cm³/mol. The van der Waals surface area contributed by atoms with Crippen molar-refractivity contribution in [3.8, 4) is 5.75 Å². The van der Waals surface area contributed by atoms with E-state index in [0.717, 1.165) is 16.9 Å². The van der Waals surface area contributed by atoms with Crippen LogP contribution in [0.1, 0.15) is 30.6 Å². The summed E-state index contributed by atoms with van der Waals surface area (Å²) in [5.41, 5.74) is 1.79. The normalized spacial score (nSPS) is 12.0. The highest BCUT2D eigenvalue weighted by Gasteiger charge is 2.06. The Hall–Kier alpha value is -1.55. The highest BCUT2D eigenvalue weighted by molar-refractivity contribution is 5.69. The number of aryl methyl sites for hydroxylation is 1. The molecule has 0 amide bonds. The lowest BCUT2D eigenvalue weighted by Gasteiger charge is -2.11. The zero-order chi connectivity index (χ0) is 12.8. The van der Waals surface area contributed by atoms with Gasteiger partial charge in [-0.2, -0.15) is 0 Å². The number of carbonyl (C=O) groups is 1. The van der Waals surface area contributed by atoms with E-state index < -0.39 is 6.10 Å². The number of aliphatic hydroxyl groups is 1. The molecule has 0 aliphatic heterocycles. The van der Waals surface area contributed by atoms with E-state index in [9.17, 15) is 9.90 Å². The van der Waals surface area contributed by atoms with Gasteiger partial charge in [0.1, 0.15) is 5.75 Å². The second-order valence-electron chi connectivity index (χ2n) is 3.88. The minimum Gasteiger partial charge on any atom is -0.493 e. The average molecular weight is 238 g/mol. The van der Waals surface area contributed by atoms with Crippen molar-refractivity contribution >= 4 is 5.97 Å². The van der Waals surface area contributed by atoms with Crippen LogP contribution in [0.4, 0.5) is 0 Å². The average Bonchev–Trinajstić information content (AvgIpc) is 2.30. The molecule has 0 bridgehead atoms. The molecule has 0 radical (unpaired) electrons. The highest BCUT2D eigenvalue weighted by Crippen LogP contribution is 2.22. The topological polar surface area (TPSA) is 55.8 Å². The van der Waals surface area contributed by atoms with Crippen molar-refractivity contribution in [3.63, 3.8) is 0 Å². The summed E-state index contributed by atoms with van der Waals surface area (Å²) in [7, 11) is 1.35. The third kappa shape index (κ3) is 4.07. The van der Waals surface area contributed by atoms with Crippen LogP contribution in [0, 0.1) is 6.92 Å². The van der Waals surface area contributed by atoms with Crippen LogP contribution in [-0.2, 0) is 9.53 Å². The lowest BCUT2D eigenvalue weighted by atomic mass is 10.1. The van der Waals surface area contributed by atoms with Gasteiger partial charge in [-0.05, 0) is 37.1 Å². The molecule has 1 atom stereocenters. The molecule has 1 aromatic carbocycles. The first kappa shape index (κ1) is 13.5. The number of hydrogen-bond acceptors (Lipinski definition) is 4.